The Morgan fingerprint density at radius 2 is 2.00 bits per heavy atom. The lowest BCUT2D eigenvalue weighted by molar-refractivity contribution is -0.142. The van der Waals surface area contributed by atoms with E-state index >= 15 is 0 Å². The molecule has 5 rings (SSSR count). The molecule has 0 spiro atoms. The Hall–Kier alpha value is -3.27. The Balaban J connectivity index is 1.58. The van der Waals surface area contributed by atoms with E-state index in [-0.39, 0.29) is 12.2 Å². The number of benzene rings is 1. The lowest BCUT2D eigenvalue weighted by Crippen LogP contribution is -2.54. The summed E-state index contributed by atoms with van der Waals surface area (Å²) in [4.78, 5) is 35.8. The van der Waals surface area contributed by atoms with E-state index in [1.807, 2.05) is 16.8 Å². The van der Waals surface area contributed by atoms with E-state index in [9.17, 15) is 14.0 Å². The molecule has 0 saturated carbocycles. The van der Waals surface area contributed by atoms with E-state index < -0.39 is 23.3 Å². The number of aromatic nitrogens is 2. The number of carbonyl (C=O) groups excluding carboxylic acids is 2. The molecular weight excluding hydrogens is 519 g/mol. The monoisotopic (exact) mass is 538 g/mol. The van der Waals surface area contributed by atoms with Crippen LogP contribution in [0.25, 0.3) is 0 Å². The largest absolute Gasteiger partial charge is 0.339 e. The molecular formula is C26H20ClFN4O2S2. The maximum Gasteiger partial charge on any atom is 0.248 e. The topological polar surface area (TPSA) is 75.2 Å². The zero-order valence-electron chi connectivity index (χ0n) is 19.0. The minimum absolute atomic E-state index is 0.0392. The number of ketones is 1. The highest BCUT2D eigenvalue weighted by Crippen LogP contribution is 2.48. The lowest BCUT2D eigenvalue weighted by atomic mass is 9.75. The van der Waals surface area contributed by atoms with Gasteiger partial charge < -0.3 is 5.32 Å². The predicted octanol–water partition coefficient (Wildman–Crippen LogP) is 6.06. The molecule has 0 radical (unpaired) electrons. The summed E-state index contributed by atoms with van der Waals surface area (Å²) >= 11 is 12.5. The van der Waals surface area contributed by atoms with E-state index in [1.54, 1.807) is 55.5 Å². The Labute approximate surface area is 221 Å². The first kappa shape index (κ1) is 24.4. The van der Waals surface area contributed by atoms with Crippen molar-refractivity contribution in [3.63, 3.8) is 0 Å². The molecule has 6 nitrogen and oxygen atoms in total. The molecule has 0 aliphatic carbocycles. The van der Waals surface area contributed by atoms with Crippen molar-refractivity contribution in [2.75, 3.05) is 5.32 Å². The second-order valence-electron chi connectivity index (χ2n) is 8.48. The standard InChI is InChI=1S/C26H20ClFN4O2S2/c1-15-11-17(13-29-24(15)28)30-22-8-4-7-21(31-22)26(16-9-10-36-14-16)12-20(33)23(25(34)32(26)35)18-5-2-3-6-19(18)27/h2-11,13-14,23,35H,12H2,1H3,(H,30,31)/t23?,26-/m0/s1. The number of piperidine rings is 1. The number of anilines is 2. The number of nitrogens with zero attached hydrogens (tertiary/aromatic N) is 3. The molecule has 2 atom stereocenters. The summed E-state index contributed by atoms with van der Waals surface area (Å²) in [6.45, 7) is 1.62. The average molecular weight is 539 g/mol. The van der Waals surface area contributed by atoms with E-state index in [0.717, 1.165) is 5.56 Å². The number of halogens is 2. The molecule has 1 aliphatic heterocycles. The number of aryl methyl sites for hydroxylation is 1. The lowest BCUT2D eigenvalue weighted by Gasteiger charge is -2.45. The molecule has 1 saturated heterocycles. The summed E-state index contributed by atoms with van der Waals surface area (Å²) in [5, 5.41) is 7.23. The van der Waals surface area contributed by atoms with Crippen LogP contribution in [0.4, 0.5) is 15.9 Å². The highest BCUT2D eigenvalue weighted by Gasteiger charge is 2.53. The normalized spacial score (nSPS) is 20.0. The zero-order chi connectivity index (χ0) is 25.4. The van der Waals surface area contributed by atoms with Gasteiger partial charge in [-0.05, 0) is 59.1 Å². The predicted molar refractivity (Wildman–Crippen MR) is 141 cm³/mol. The summed E-state index contributed by atoms with van der Waals surface area (Å²) in [6, 6.07) is 15.6. The highest BCUT2D eigenvalue weighted by atomic mass is 35.5. The van der Waals surface area contributed by atoms with Gasteiger partial charge >= 0.3 is 0 Å². The van der Waals surface area contributed by atoms with Crippen molar-refractivity contribution in [2.24, 2.45) is 0 Å². The summed E-state index contributed by atoms with van der Waals surface area (Å²) in [5.41, 5.74) is 1.36. The number of carbonyl (C=O) groups is 2. The second kappa shape index (κ2) is 9.65. The fraction of sp³-hybridized carbons (Fsp3) is 0.154. The highest BCUT2D eigenvalue weighted by molar-refractivity contribution is 7.78. The molecule has 1 N–H and O–H groups in total. The van der Waals surface area contributed by atoms with E-state index in [2.05, 4.69) is 23.1 Å². The minimum atomic E-state index is -1.23. The van der Waals surface area contributed by atoms with Crippen molar-refractivity contribution in [1.29, 1.82) is 0 Å². The molecule has 36 heavy (non-hydrogen) atoms. The van der Waals surface area contributed by atoms with Crippen LogP contribution < -0.4 is 5.32 Å². The number of hydrogen-bond acceptors (Lipinski definition) is 7. The molecule has 10 heteroatoms. The van der Waals surface area contributed by atoms with Crippen LogP contribution in [0.1, 0.15) is 34.7 Å². The van der Waals surface area contributed by atoms with Crippen LogP contribution in [0.15, 0.2) is 71.6 Å². The molecule has 1 unspecified atom stereocenters. The third kappa shape index (κ3) is 4.17. The first-order valence-corrected chi connectivity index (χ1v) is 12.7. The van der Waals surface area contributed by atoms with Gasteiger partial charge in [-0.3, -0.25) is 13.9 Å². The van der Waals surface area contributed by atoms with Crippen LogP contribution in [0.5, 0.6) is 0 Å². The molecule has 0 bridgehead atoms. The Morgan fingerprint density at radius 3 is 2.72 bits per heavy atom. The van der Waals surface area contributed by atoms with Gasteiger partial charge in [0.1, 0.15) is 17.3 Å². The number of Topliss-reactive ketones (excluding diaryl/α,β-unsaturated/α-hetero) is 1. The van der Waals surface area contributed by atoms with E-state index in [1.165, 1.54) is 21.8 Å². The SMILES string of the molecule is Cc1cc(Nc2cccc([C@@]3(c4ccsc4)CC(=O)C(c4ccccc4Cl)C(=O)N3S)n2)cnc1F. The minimum Gasteiger partial charge on any atom is -0.339 e. The maximum absolute atomic E-state index is 13.7. The van der Waals surface area contributed by atoms with Gasteiger partial charge in [0.05, 0.1) is 17.6 Å². The van der Waals surface area contributed by atoms with Gasteiger partial charge in [-0.15, -0.1) is 0 Å². The molecule has 3 aromatic heterocycles. The molecule has 1 amide bonds. The molecule has 1 fully saturated rings. The quantitative estimate of drug-likeness (QED) is 0.184. The Kier molecular flexibility index (Phi) is 6.55. The number of hydrogen-bond donors (Lipinski definition) is 2. The van der Waals surface area contributed by atoms with Gasteiger partial charge in [-0.1, -0.05) is 48.7 Å². The van der Waals surface area contributed by atoms with Gasteiger partial charge in [-0.2, -0.15) is 15.7 Å². The molecule has 4 heterocycles. The number of pyridine rings is 2. The molecule has 182 valence electrons. The van der Waals surface area contributed by atoms with Gasteiger partial charge in [0.15, 0.2) is 5.78 Å². The van der Waals surface area contributed by atoms with Crippen LogP contribution in [0.2, 0.25) is 5.02 Å². The summed E-state index contributed by atoms with van der Waals surface area (Å²) in [6.07, 6.45) is 1.33. The van der Waals surface area contributed by atoms with Crippen molar-refractivity contribution in [2.45, 2.75) is 24.8 Å². The van der Waals surface area contributed by atoms with Crippen LogP contribution in [-0.2, 0) is 15.1 Å². The summed E-state index contributed by atoms with van der Waals surface area (Å²) in [7, 11) is 0. The maximum atomic E-state index is 13.7. The van der Waals surface area contributed by atoms with Crippen LogP contribution in [0.3, 0.4) is 0 Å². The number of thiol groups is 1. The summed E-state index contributed by atoms with van der Waals surface area (Å²) < 4.78 is 14.9. The fourth-order valence-electron chi connectivity index (χ4n) is 4.47. The van der Waals surface area contributed by atoms with Crippen molar-refractivity contribution in [3.8, 4) is 0 Å². The number of thiophene rings is 1. The van der Waals surface area contributed by atoms with Gasteiger partial charge in [0.2, 0.25) is 11.9 Å². The van der Waals surface area contributed by atoms with Crippen molar-refractivity contribution in [3.05, 3.63) is 105 Å². The molecule has 4 aromatic rings. The zero-order valence-corrected chi connectivity index (χ0v) is 21.4. The van der Waals surface area contributed by atoms with Crippen LogP contribution in [-0.4, -0.2) is 26.0 Å². The van der Waals surface area contributed by atoms with Gasteiger partial charge in [-0.25, -0.2) is 9.97 Å². The van der Waals surface area contributed by atoms with Crippen LogP contribution >= 0.6 is 35.8 Å². The second-order valence-corrected chi connectivity index (χ2v) is 10.1. The van der Waals surface area contributed by atoms with Crippen molar-refractivity contribution < 1.29 is 14.0 Å². The average Bonchev–Trinajstić information content (AvgIpc) is 3.41. The van der Waals surface area contributed by atoms with Crippen molar-refractivity contribution >= 4 is 58.9 Å². The first-order valence-electron chi connectivity index (χ1n) is 11.0. The van der Waals surface area contributed by atoms with Gasteiger partial charge in [0, 0.05) is 17.0 Å². The first-order chi connectivity index (χ1) is 17.3. The van der Waals surface area contributed by atoms with Crippen LogP contribution in [0, 0.1) is 12.9 Å². The van der Waals surface area contributed by atoms with Gasteiger partial charge in [0.25, 0.3) is 0 Å². The van der Waals surface area contributed by atoms with E-state index in [0.29, 0.717) is 33.3 Å². The van der Waals surface area contributed by atoms with E-state index in [4.69, 9.17) is 16.6 Å². The number of nitrogens with one attached hydrogen (secondary N) is 1. The fourth-order valence-corrected chi connectivity index (χ4v) is 5.85. The smallest absolute Gasteiger partial charge is 0.248 e. The third-order valence-electron chi connectivity index (χ3n) is 6.24. The Morgan fingerprint density at radius 1 is 1.19 bits per heavy atom. The summed E-state index contributed by atoms with van der Waals surface area (Å²) in [5.74, 6) is -1.91. The molecule has 1 aromatic carbocycles. The van der Waals surface area contributed by atoms with Crippen molar-refractivity contribution in [1.82, 2.24) is 14.3 Å². The Bertz CT molecular complexity index is 1470. The number of rotatable bonds is 5. The molecule has 1 aliphatic rings. The number of amides is 1. The third-order valence-corrected chi connectivity index (χ3v) is 7.81.